The van der Waals surface area contributed by atoms with Crippen molar-refractivity contribution in [1.29, 1.82) is 0 Å². The van der Waals surface area contributed by atoms with Crippen molar-refractivity contribution < 1.29 is 9.53 Å². The van der Waals surface area contributed by atoms with Gasteiger partial charge in [-0.05, 0) is 70.2 Å². The molecule has 2 aliphatic heterocycles. The fourth-order valence-electron chi connectivity index (χ4n) is 4.59. The molecule has 0 aliphatic carbocycles. The lowest BCUT2D eigenvalue weighted by Gasteiger charge is -2.35. The summed E-state index contributed by atoms with van der Waals surface area (Å²) in [6, 6.07) is 20.2. The van der Waals surface area contributed by atoms with E-state index in [4.69, 9.17) is 15.5 Å². The Morgan fingerprint density at radius 2 is 1.67 bits per heavy atom. The van der Waals surface area contributed by atoms with Gasteiger partial charge in [0, 0.05) is 17.3 Å². The Hall–Kier alpha value is -3.34. The first kappa shape index (κ1) is 22.8. The van der Waals surface area contributed by atoms with Crippen LogP contribution >= 0.6 is 0 Å². The summed E-state index contributed by atoms with van der Waals surface area (Å²) in [6.45, 7) is 7.74. The summed E-state index contributed by atoms with van der Waals surface area (Å²) in [5.74, 6) is 0. The molecule has 4 rings (SSSR count). The minimum absolute atomic E-state index is 0.0196. The number of benzene rings is 2. The number of aliphatic imine (C=N–C) groups is 1. The number of rotatable bonds is 4. The molecule has 2 N–H and O–H groups in total. The van der Waals surface area contributed by atoms with Crippen LogP contribution < -0.4 is 5.73 Å². The highest BCUT2D eigenvalue weighted by Gasteiger charge is 2.42. The molecule has 0 radical (unpaired) electrons. The van der Waals surface area contributed by atoms with E-state index >= 15 is 0 Å². The molecule has 1 amide bonds. The Morgan fingerprint density at radius 1 is 1.03 bits per heavy atom. The van der Waals surface area contributed by atoms with E-state index in [1.54, 1.807) is 0 Å². The third kappa shape index (κ3) is 5.19. The van der Waals surface area contributed by atoms with Crippen molar-refractivity contribution in [2.45, 2.75) is 64.6 Å². The first-order valence-electron chi connectivity index (χ1n) is 11.6. The van der Waals surface area contributed by atoms with Crippen LogP contribution in [0.15, 0.2) is 88.6 Å². The Kier molecular flexibility index (Phi) is 6.41. The number of nitrogens with two attached hydrogens (primary N) is 1. The van der Waals surface area contributed by atoms with E-state index in [0.29, 0.717) is 0 Å². The zero-order valence-corrected chi connectivity index (χ0v) is 19.9. The summed E-state index contributed by atoms with van der Waals surface area (Å²) in [7, 11) is 0. The Bertz CT molecular complexity index is 1090. The average Bonchev–Trinajstić information content (AvgIpc) is 3.06. The van der Waals surface area contributed by atoms with Gasteiger partial charge in [-0.2, -0.15) is 0 Å². The van der Waals surface area contributed by atoms with Crippen molar-refractivity contribution in [3.63, 3.8) is 0 Å². The second kappa shape index (κ2) is 9.26. The number of para-hydroxylation sites is 1. The van der Waals surface area contributed by atoms with Gasteiger partial charge in [0.15, 0.2) is 0 Å². The molecule has 172 valence electrons. The van der Waals surface area contributed by atoms with E-state index in [0.717, 1.165) is 53.1 Å². The van der Waals surface area contributed by atoms with E-state index in [2.05, 4.69) is 18.2 Å². The summed E-state index contributed by atoms with van der Waals surface area (Å²) in [6.07, 6.45) is 4.53. The van der Waals surface area contributed by atoms with Crippen LogP contribution in [0.1, 0.15) is 52.5 Å². The van der Waals surface area contributed by atoms with E-state index in [9.17, 15) is 4.79 Å². The highest BCUT2D eigenvalue weighted by Crippen LogP contribution is 2.38. The summed E-state index contributed by atoms with van der Waals surface area (Å²) < 4.78 is 5.66. The quantitative estimate of drug-likeness (QED) is 0.577. The summed E-state index contributed by atoms with van der Waals surface area (Å²) >= 11 is 0. The van der Waals surface area contributed by atoms with Gasteiger partial charge in [-0.15, -0.1) is 0 Å². The van der Waals surface area contributed by atoms with Crippen LogP contribution in [0.4, 0.5) is 10.5 Å². The van der Waals surface area contributed by atoms with Crippen molar-refractivity contribution in [2.24, 2.45) is 10.7 Å². The summed E-state index contributed by atoms with van der Waals surface area (Å²) in [5.41, 5.74) is 11.8. The topological polar surface area (TPSA) is 67.9 Å². The van der Waals surface area contributed by atoms with E-state index < -0.39 is 5.60 Å². The van der Waals surface area contributed by atoms with E-state index in [1.807, 2.05) is 81.1 Å². The highest BCUT2D eigenvalue weighted by molar-refractivity contribution is 6.14. The van der Waals surface area contributed by atoms with Crippen LogP contribution in [0.25, 0.3) is 0 Å². The Morgan fingerprint density at radius 3 is 2.27 bits per heavy atom. The lowest BCUT2D eigenvalue weighted by molar-refractivity contribution is 0.0168. The largest absolute Gasteiger partial charge is 0.444 e. The van der Waals surface area contributed by atoms with Crippen molar-refractivity contribution in [2.75, 3.05) is 0 Å². The maximum Gasteiger partial charge on any atom is 0.411 e. The Labute approximate surface area is 196 Å². The lowest BCUT2D eigenvalue weighted by Crippen LogP contribution is -2.46. The fourth-order valence-corrected chi connectivity index (χ4v) is 4.59. The molecule has 0 saturated carbocycles. The molecule has 0 aromatic heterocycles. The van der Waals surface area contributed by atoms with Crippen LogP contribution in [-0.2, 0) is 4.74 Å². The molecule has 33 heavy (non-hydrogen) atoms. The summed E-state index contributed by atoms with van der Waals surface area (Å²) in [4.78, 5) is 19.6. The first-order valence-corrected chi connectivity index (χ1v) is 11.6. The third-order valence-electron chi connectivity index (χ3n) is 6.15. The second-order valence-electron chi connectivity index (χ2n) is 9.78. The first-order chi connectivity index (χ1) is 15.7. The number of hydrogen-bond acceptors (Lipinski definition) is 4. The van der Waals surface area contributed by atoms with Gasteiger partial charge in [-0.3, -0.25) is 4.90 Å². The van der Waals surface area contributed by atoms with Gasteiger partial charge < -0.3 is 10.5 Å². The third-order valence-corrected chi connectivity index (χ3v) is 6.15. The molecule has 2 unspecified atom stereocenters. The second-order valence-corrected chi connectivity index (χ2v) is 9.78. The predicted molar refractivity (Wildman–Crippen MR) is 134 cm³/mol. The molecule has 2 bridgehead atoms. The predicted octanol–water partition coefficient (Wildman–Crippen LogP) is 6.14. The van der Waals surface area contributed by atoms with Crippen molar-refractivity contribution in [3.05, 3.63) is 89.1 Å². The maximum atomic E-state index is 12.8. The molecule has 2 aliphatic rings. The maximum absolute atomic E-state index is 12.8. The number of carbonyl (C=O) groups excluding carboxylic acids is 1. The molecular formula is C28H33N3O2. The molecular weight excluding hydrogens is 410 g/mol. The fraction of sp³-hybridized carbons (Fsp3) is 0.357. The minimum atomic E-state index is -0.505. The Balaban J connectivity index is 1.68. The molecule has 5 nitrogen and oxygen atoms in total. The monoisotopic (exact) mass is 443 g/mol. The zero-order chi connectivity index (χ0) is 23.6. The van der Waals surface area contributed by atoms with Gasteiger partial charge in [0.1, 0.15) is 5.60 Å². The number of fused-ring (bicyclic) bond motifs is 2. The lowest BCUT2D eigenvalue weighted by atomic mass is 9.93. The molecule has 1 fully saturated rings. The van der Waals surface area contributed by atoms with E-state index in [-0.39, 0.29) is 18.2 Å². The molecule has 2 atom stereocenters. The normalized spacial score (nSPS) is 21.4. The summed E-state index contributed by atoms with van der Waals surface area (Å²) in [5, 5.41) is 0. The number of amides is 1. The molecule has 0 spiro atoms. The SMILES string of the molecule is C/C(C(=Nc1ccccc1)c1ccccc1)=C(/N)C1=CC2CCC(C1)N2C(=O)OC(C)(C)C. The van der Waals surface area contributed by atoms with Crippen molar-refractivity contribution in [1.82, 2.24) is 4.90 Å². The van der Waals surface area contributed by atoms with Crippen LogP contribution in [-0.4, -0.2) is 34.4 Å². The van der Waals surface area contributed by atoms with Gasteiger partial charge in [0.05, 0.1) is 17.4 Å². The number of nitrogens with zero attached hydrogens (tertiary/aromatic N) is 2. The molecule has 2 aromatic rings. The van der Waals surface area contributed by atoms with E-state index in [1.165, 1.54) is 0 Å². The van der Waals surface area contributed by atoms with Crippen molar-refractivity contribution in [3.8, 4) is 0 Å². The zero-order valence-electron chi connectivity index (χ0n) is 19.9. The molecule has 5 heteroatoms. The van der Waals surface area contributed by atoms with Gasteiger partial charge in [-0.1, -0.05) is 54.6 Å². The highest BCUT2D eigenvalue weighted by atomic mass is 16.6. The molecule has 2 heterocycles. The number of ether oxygens (including phenoxy) is 1. The van der Waals surface area contributed by atoms with Crippen LogP contribution in [0.3, 0.4) is 0 Å². The standard InChI is InChI=1S/C28H33N3O2/c1-19(26(20-11-7-5-8-12-20)30-22-13-9-6-10-14-22)25(29)21-17-23-15-16-24(18-21)31(23)27(32)33-28(2,3)4/h5-14,17,23-24H,15-16,18,29H2,1-4H3/b25-19-,30-26?. The van der Waals surface area contributed by atoms with Gasteiger partial charge in [-0.25, -0.2) is 9.79 Å². The minimum Gasteiger partial charge on any atom is -0.444 e. The van der Waals surface area contributed by atoms with Gasteiger partial charge >= 0.3 is 6.09 Å². The van der Waals surface area contributed by atoms with Gasteiger partial charge in [0.2, 0.25) is 0 Å². The van der Waals surface area contributed by atoms with Crippen LogP contribution in [0, 0.1) is 0 Å². The number of carbonyl (C=O) groups is 1. The average molecular weight is 444 g/mol. The smallest absolute Gasteiger partial charge is 0.411 e. The van der Waals surface area contributed by atoms with Gasteiger partial charge in [0.25, 0.3) is 0 Å². The van der Waals surface area contributed by atoms with Crippen LogP contribution in [0.5, 0.6) is 0 Å². The van der Waals surface area contributed by atoms with Crippen molar-refractivity contribution >= 4 is 17.5 Å². The number of hydrogen-bond donors (Lipinski definition) is 1. The number of allylic oxidation sites excluding steroid dienone is 2. The molecule has 1 saturated heterocycles. The molecule has 2 aromatic carbocycles. The van der Waals surface area contributed by atoms with Crippen LogP contribution in [0.2, 0.25) is 0 Å².